The normalized spacial score (nSPS) is 16.5. The van der Waals surface area contributed by atoms with Crippen LogP contribution < -0.4 is 5.56 Å². The van der Waals surface area contributed by atoms with Gasteiger partial charge in [-0.25, -0.2) is 4.79 Å². The molecule has 1 aromatic heterocycles. The Balaban J connectivity index is 1.82. The van der Waals surface area contributed by atoms with Crippen molar-refractivity contribution < 1.29 is 9.90 Å². The van der Waals surface area contributed by atoms with Crippen LogP contribution in [0.5, 0.6) is 0 Å². The van der Waals surface area contributed by atoms with Crippen LogP contribution in [-0.2, 0) is 6.54 Å². The molecule has 4 rings (SSSR count). The predicted octanol–water partition coefficient (Wildman–Crippen LogP) is 3.61. The van der Waals surface area contributed by atoms with Crippen LogP contribution in [0, 0.1) is 0 Å². The number of aromatic carboxylic acids is 1. The van der Waals surface area contributed by atoms with Gasteiger partial charge in [-0.05, 0) is 31.5 Å². The second kappa shape index (κ2) is 9.04. The van der Waals surface area contributed by atoms with Crippen molar-refractivity contribution in [2.24, 2.45) is 0 Å². The molecule has 1 unspecified atom stereocenters. The molecule has 3 aromatic rings. The van der Waals surface area contributed by atoms with Gasteiger partial charge in [-0.1, -0.05) is 43.3 Å². The molecule has 31 heavy (non-hydrogen) atoms. The van der Waals surface area contributed by atoms with Crippen molar-refractivity contribution in [3.8, 4) is 5.69 Å². The summed E-state index contributed by atoms with van der Waals surface area (Å²) in [7, 11) is 0. The molecule has 1 aliphatic rings. The van der Waals surface area contributed by atoms with Crippen LogP contribution in [0.1, 0.15) is 36.3 Å². The highest BCUT2D eigenvalue weighted by molar-refractivity contribution is 6.04. The van der Waals surface area contributed by atoms with Gasteiger partial charge < -0.3 is 5.11 Å². The van der Waals surface area contributed by atoms with Crippen LogP contribution >= 0.6 is 0 Å². The molecule has 1 fully saturated rings. The van der Waals surface area contributed by atoms with Crippen molar-refractivity contribution in [2.45, 2.75) is 32.9 Å². The number of hydrogen-bond donors (Lipinski definition) is 1. The lowest BCUT2D eigenvalue weighted by Crippen LogP contribution is -2.49. The van der Waals surface area contributed by atoms with Gasteiger partial charge in [0.05, 0.1) is 11.3 Å². The van der Waals surface area contributed by atoms with Crippen LogP contribution in [0.25, 0.3) is 16.5 Å². The van der Waals surface area contributed by atoms with Gasteiger partial charge in [0.25, 0.3) is 5.56 Å². The maximum absolute atomic E-state index is 13.5. The molecule has 6 heteroatoms. The smallest absolute Gasteiger partial charge is 0.338 e. The second-order valence-electron chi connectivity index (χ2n) is 8.22. The van der Waals surface area contributed by atoms with Crippen molar-refractivity contribution in [1.82, 2.24) is 14.4 Å². The van der Waals surface area contributed by atoms with E-state index in [1.807, 2.05) is 30.3 Å². The zero-order chi connectivity index (χ0) is 22.0. The average molecular weight is 420 g/mol. The number of para-hydroxylation sites is 1. The molecule has 1 saturated heterocycles. The summed E-state index contributed by atoms with van der Waals surface area (Å²) in [5.41, 5.74) is 1.26. The van der Waals surface area contributed by atoms with Gasteiger partial charge in [-0.2, -0.15) is 0 Å². The number of carboxylic acid groups (broad SMARTS) is 1. The van der Waals surface area contributed by atoms with E-state index in [0.29, 0.717) is 34.7 Å². The fraction of sp³-hybridized carbons (Fsp3) is 0.360. The Bertz CT molecular complexity index is 1130. The molecule has 0 bridgehead atoms. The molecule has 1 N–H and O–H groups in total. The SMILES string of the molecule is CCC(C)N1CCN(Cc2c(C(=O)O)c3ccccc3c(=O)n2-c2ccccc2)CC1. The average Bonchev–Trinajstić information content (AvgIpc) is 2.79. The van der Waals surface area contributed by atoms with Gasteiger partial charge in [0.15, 0.2) is 0 Å². The highest BCUT2D eigenvalue weighted by Crippen LogP contribution is 2.24. The highest BCUT2D eigenvalue weighted by Gasteiger charge is 2.26. The number of carbonyl (C=O) groups is 1. The van der Waals surface area contributed by atoms with E-state index < -0.39 is 5.97 Å². The fourth-order valence-electron chi connectivity index (χ4n) is 4.47. The van der Waals surface area contributed by atoms with E-state index in [-0.39, 0.29) is 11.1 Å². The minimum Gasteiger partial charge on any atom is -0.478 e. The van der Waals surface area contributed by atoms with Crippen LogP contribution in [0.15, 0.2) is 59.4 Å². The molecule has 2 aromatic carbocycles. The van der Waals surface area contributed by atoms with Gasteiger partial charge >= 0.3 is 5.97 Å². The Kier molecular flexibility index (Phi) is 6.20. The summed E-state index contributed by atoms with van der Waals surface area (Å²) in [6, 6.07) is 16.9. The molecule has 0 saturated carbocycles. The molecule has 0 amide bonds. The third-order valence-electron chi connectivity index (χ3n) is 6.41. The Morgan fingerprint density at radius 1 is 0.968 bits per heavy atom. The van der Waals surface area contributed by atoms with E-state index in [2.05, 4.69) is 23.6 Å². The molecule has 1 aliphatic heterocycles. The quantitative estimate of drug-likeness (QED) is 0.661. The van der Waals surface area contributed by atoms with E-state index in [9.17, 15) is 14.7 Å². The first-order valence-electron chi connectivity index (χ1n) is 10.9. The molecular formula is C25H29N3O3. The first-order chi connectivity index (χ1) is 15.0. The summed E-state index contributed by atoms with van der Waals surface area (Å²) in [5.74, 6) is -1.01. The van der Waals surface area contributed by atoms with Gasteiger partial charge in [-0.3, -0.25) is 19.2 Å². The summed E-state index contributed by atoms with van der Waals surface area (Å²) in [4.78, 5) is 30.6. The Morgan fingerprint density at radius 3 is 2.19 bits per heavy atom. The molecule has 2 heterocycles. The topological polar surface area (TPSA) is 65.8 Å². The number of pyridine rings is 1. The van der Waals surface area contributed by atoms with Crippen LogP contribution in [0.2, 0.25) is 0 Å². The molecule has 6 nitrogen and oxygen atoms in total. The minimum atomic E-state index is -1.01. The first-order valence-corrected chi connectivity index (χ1v) is 10.9. The maximum atomic E-state index is 13.5. The summed E-state index contributed by atoms with van der Waals surface area (Å²) >= 11 is 0. The van der Waals surface area contributed by atoms with Crippen molar-refractivity contribution >= 4 is 16.7 Å². The fourth-order valence-corrected chi connectivity index (χ4v) is 4.47. The van der Waals surface area contributed by atoms with Crippen LogP contribution in [-0.4, -0.2) is 57.7 Å². The first kappa shape index (κ1) is 21.3. The number of aromatic nitrogens is 1. The lowest BCUT2D eigenvalue weighted by molar-refractivity contribution is 0.0691. The predicted molar refractivity (Wildman–Crippen MR) is 123 cm³/mol. The zero-order valence-electron chi connectivity index (χ0n) is 18.1. The van der Waals surface area contributed by atoms with E-state index in [0.717, 1.165) is 32.6 Å². The lowest BCUT2D eigenvalue weighted by Gasteiger charge is -2.38. The molecule has 0 radical (unpaired) electrons. The van der Waals surface area contributed by atoms with E-state index in [1.54, 1.807) is 28.8 Å². The van der Waals surface area contributed by atoms with Crippen molar-refractivity contribution in [2.75, 3.05) is 26.2 Å². The molecule has 0 spiro atoms. The van der Waals surface area contributed by atoms with E-state index in [4.69, 9.17) is 0 Å². The molecular weight excluding hydrogens is 390 g/mol. The van der Waals surface area contributed by atoms with Gasteiger partial charge in [0.2, 0.25) is 0 Å². The van der Waals surface area contributed by atoms with Crippen LogP contribution in [0.3, 0.4) is 0 Å². The van der Waals surface area contributed by atoms with Gasteiger partial charge in [0.1, 0.15) is 0 Å². The number of hydrogen-bond acceptors (Lipinski definition) is 4. The minimum absolute atomic E-state index is 0.181. The summed E-state index contributed by atoms with van der Waals surface area (Å²) < 4.78 is 1.59. The van der Waals surface area contributed by atoms with Crippen molar-refractivity contribution in [1.29, 1.82) is 0 Å². The van der Waals surface area contributed by atoms with E-state index >= 15 is 0 Å². The maximum Gasteiger partial charge on any atom is 0.338 e. The molecule has 0 aliphatic carbocycles. The highest BCUT2D eigenvalue weighted by atomic mass is 16.4. The lowest BCUT2D eigenvalue weighted by atomic mass is 10.0. The summed E-state index contributed by atoms with van der Waals surface area (Å²) in [6.07, 6.45) is 1.11. The van der Waals surface area contributed by atoms with Gasteiger partial charge in [-0.15, -0.1) is 0 Å². The van der Waals surface area contributed by atoms with Gasteiger partial charge in [0, 0.05) is 55.2 Å². The Hall–Kier alpha value is -2.96. The number of piperazine rings is 1. The largest absolute Gasteiger partial charge is 0.478 e. The second-order valence-corrected chi connectivity index (χ2v) is 8.22. The number of nitrogens with zero attached hydrogens (tertiary/aromatic N) is 3. The third-order valence-corrected chi connectivity index (χ3v) is 6.41. The van der Waals surface area contributed by atoms with Crippen LogP contribution in [0.4, 0.5) is 0 Å². The number of benzene rings is 2. The Morgan fingerprint density at radius 2 is 1.58 bits per heavy atom. The standard InChI is InChI=1S/C25H29N3O3/c1-3-18(2)27-15-13-26(14-16-27)17-22-23(25(30)31)20-11-7-8-12-21(20)24(29)28(22)19-9-5-4-6-10-19/h4-12,18H,3,13-17H2,1-2H3,(H,30,31). The number of carboxylic acids is 1. The zero-order valence-corrected chi connectivity index (χ0v) is 18.1. The molecule has 162 valence electrons. The molecule has 1 atom stereocenters. The number of rotatable bonds is 6. The van der Waals surface area contributed by atoms with Crippen molar-refractivity contribution in [3.63, 3.8) is 0 Å². The summed E-state index contributed by atoms with van der Waals surface area (Å²) in [6.45, 7) is 8.45. The third kappa shape index (κ3) is 4.13. The monoisotopic (exact) mass is 419 g/mol. The van der Waals surface area contributed by atoms with Crippen molar-refractivity contribution in [3.05, 3.63) is 76.2 Å². The summed E-state index contributed by atoms with van der Waals surface area (Å²) in [5, 5.41) is 11.1. The Labute approximate surface area is 182 Å². The van der Waals surface area contributed by atoms with E-state index in [1.165, 1.54) is 0 Å². The number of fused-ring (bicyclic) bond motifs is 1.